The lowest BCUT2D eigenvalue weighted by molar-refractivity contribution is 0.456. The molecule has 4 aromatic rings. The molecule has 4 rings (SSSR count). The van der Waals surface area contributed by atoms with Crippen LogP contribution in [0.3, 0.4) is 0 Å². The number of aryl methyl sites for hydroxylation is 2. The van der Waals surface area contributed by atoms with Crippen LogP contribution in [0, 0.1) is 13.8 Å². The van der Waals surface area contributed by atoms with Crippen molar-refractivity contribution in [2.75, 3.05) is 0 Å². The number of hydrogen-bond donors (Lipinski definition) is 0. The number of nitrogens with zero attached hydrogens (tertiary/aromatic N) is 1. The Bertz CT molecular complexity index is 827. The van der Waals surface area contributed by atoms with Gasteiger partial charge in [-0.25, -0.2) is 0 Å². The second-order valence-electron chi connectivity index (χ2n) is 5.47. The molecule has 23 heavy (non-hydrogen) atoms. The highest BCUT2D eigenvalue weighted by molar-refractivity contribution is 7.19. The van der Waals surface area contributed by atoms with E-state index in [1.807, 2.05) is 36.5 Å². The molecule has 2 aromatic heterocycles. The third-order valence-electron chi connectivity index (χ3n) is 3.06. The molecule has 0 aliphatic heterocycles. The topological polar surface area (TPSA) is 26.0 Å². The van der Waals surface area contributed by atoms with Crippen molar-refractivity contribution < 1.29 is 4.52 Å². The van der Waals surface area contributed by atoms with Crippen molar-refractivity contribution in [1.82, 2.24) is 5.16 Å². The van der Waals surface area contributed by atoms with Gasteiger partial charge < -0.3 is 4.52 Å². The normalized spacial score (nSPS) is 9.91. The van der Waals surface area contributed by atoms with Gasteiger partial charge in [-0.3, -0.25) is 0 Å². The van der Waals surface area contributed by atoms with Crippen LogP contribution in [-0.2, 0) is 0 Å². The number of thiophene rings is 1. The Morgan fingerprint density at radius 3 is 2.43 bits per heavy atom. The summed E-state index contributed by atoms with van der Waals surface area (Å²) >= 11 is 1.85. The monoisotopic (exact) mass is 325 g/mol. The predicted octanol–water partition coefficient (Wildman–Crippen LogP) is 6.76. The largest absolute Gasteiger partial charge is 0.356 e. The third-order valence-corrected chi connectivity index (χ3v) is 4.09. The van der Waals surface area contributed by atoms with E-state index < -0.39 is 0 Å². The standard InChI is InChI=1S/C9H8S.C8H7NO.C3H8/c1-7-6-8-4-2-3-5-9(8)10-7;1-6-2-3-7-5-9-10-8(7)4-6;1-3-2/h2-6H,1H3;2-5H,1H3;3H2,1-2H3. The van der Waals surface area contributed by atoms with Gasteiger partial charge in [-0.1, -0.05) is 49.7 Å². The fourth-order valence-electron chi connectivity index (χ4n) is 2.08. The molecule has 0 N–H and O–H groups in total. The minimum atomic E-state index is 0.861. The van der Waals surface area contributed by atoms with Gasteiger partial charge in [0.1, 0.15) is 0 Å². The number of hydrogen-bond acceptors (Lipinski definition) is 3. The Labute approximate surface area is 141 Å². The Balaban J connectivity index is 0.000000143. The van der Waals surface area contributed by atoms with Crippen LogP contribution < -0.4 is 0 Å². The Morgan fingerprint density at radius 1 is 0.957 bits per heavy atom. The Kier molecular flexibility index (Phi) is 6.36. The molecule has 0 spiro atoms. The van der Waals surface area contributed by atoms with Gasteiger partial charge in [-0.05, 0) is 49.1 Å². The summed E-state index contributed by atoms with van der Waals surface area (Å²) in [5.41, 5.74) is 2.06. The first-order valence-electron chi connectivity index (χ1n) is 7.90. The molecule has 2 aromatic carbocycles. The van der Waals surface area contributed by atoms with E-state index >= 15 is 0 Å². The van der Waals surface area contributed by atoms with Crippen molar-refractivity contribution in [3.05, 3.63) is 65.2 Å². The zero-order valence-electron chi connectivity index (χ0n) is 14.2. The SMILES string of the molecule is CCC.Cc1cc2ccccc2s1.Cc1ccc2cnoc2c1. The first kappa shape index (κ1) is 17.2. The zero-order chi connectivity index (χ0) is 16.7. The van der Waals surface area contributed by atoms with Crippen LogP contribution in [0.1, 0.15) is 30.7 Å². The molecular formula is C20H23NOS. The van der Waals surface area contributed by atoms with E-state index in [9.17, 15) is 0 Å². The summed E-state index contributed by atoms with van der Waals surface area (Å²) in [5.74, 6) is 0. The average molecular weight is 325 g/mol. The van der Waals surface area contributed by atoms with Crippen LogP contribution in [0.15, 0.2) is 59.3 Å². The molecule has 0 amide bonds. The Hall–Kier alpha value is -2.13. The van der Waals surface area contributed by atoms with E-state index in [0.29, 0.717) is 0 Å². The lowest BCUT2D eigenvalue weighted by atomic mass is 10.2. The fraction of sp³-hybridized carbons (Fsp3) is 0.250. The summed E-state index contributed by atoms with van der Waals surface area (Å²) in [6.07, 6.45) is 2.97. The minimum absolute atomic E-state index is 0.861. The van der Waals surface area contributed by atoms with E-state index in [2.05, 4.69) is 56.3 Å². The second-order valence-corrected chi connectivity index (χ2v) is 6.76. The van der Waals surface area contributed by atoms with Gasteiger partial charge in [0, 0.05) is 15.0 Å². The molecule has 2 nitrogen and oxygen atoms in total. The number of aromatic nitrogens is 1. The van der Waals surface area contributed by atoms with Gasteiger partial charge in [-0.15, -0.1) is 11.3 Å². The quantitative estimate of drug-likeness (QED) is 0.357. The van der Waals surface area contributed by atoms with E-state index in [1.54, 1.807) is 6.20 Å². The fourth-order valence-corrected chi connectivity index (χ4v) is 3.01. The first-order valence-corrected chi connectivity index (χ1v) is 8.72. The summed E-state index contributed by atoms with van der Waals surface area (Å²) < 4.78 is 6.34. The molecule has 120 valence electrons. The van der Waals surface area contributed by atoms with Crippen molar-refractivity contribution in [3.8, 4) is 0 Å². The summed E-state index contributed by atoms with van der Waals surface area (Å²) in [4.78, 5) is 1.39. The molecule has 0 saturated carbocycles. The van der Waals surface area contributed by atoms with Crippen LogP contribution in [0.4, 0.5) is 0 Å². The van der Waals surface area contributed by atoms with E-state index in [0.717, 1.165) is 11.0 Å². The van der Waals surface area contributed by atoms with Gasteiger partial charge in [0.2, 0.25) is 0 Å². The molecule has 0 unspecified atom stereocenters. The van der Waals surface area contributed by atoms with Gasteiger partial charge >= 0.3 is 0 Å². The van der Waals surface area contributed by atoms with Crippen LogP contribution in [0.5, 0.6) is 0 Å². The third kappa shape index (κ3) is 4.93. The summed E-state index contributed by atoms with van der Waals surface area (Å²) in [6.45, 7) is 8.42. The molecule has 0 radical (unpaired) electrons. The van der Waals surface area contributed by atoms with Crippen LogP contribution in [0.25, 0.3) is 21.1 Å². The summed E-state index contributed by atoms with van der Waals surface area (Å²) in [6, 6.07) is 16.7. The molecule has 0 saturated heterocycles. The van der Waals surface area contributed by atoms with Crippen LogP contribution in [0.2, 0.25) is 0 Å². The molecular weight excluding hydrogens is 302 g/mol. The van der Waals surface area contributed by atoms with Crippen LogP contribution >= 0.6 is 11.3 Å². The summed E-state index contributed by atoms with van der Waals surface area (Å²) in [5, 5.41) is 6.09. The number of rotatable bonds is 0. The van der Waals surface area contributed by atoms with Crippen LogP contribution in [-0.4, -0.2) is 5.16 Å². The van der Waals surface area contributed by atoms with Gasteiger partial charge in [0.05, 0.1) is 6.20 Å². The first-order chi connectivity index (χ1) is 11.1. The summed E-state index contributed by atoms with van der Waals surface area (Å²) in [7, 11) is 0. The average Bonchev–Trinajstić information content (AvgIpc) is 3.12. The highest BCUT2D eigenvalue weighted by Crippen LogP contribution is 2.23. The van der Waals surface area contributed by atoms with Crippen molar-refractivity contribution >= 4 is 32.4 Å². The van der Waals surface area contributed by atoms with Crippen molar-refractivity contribution in [1.29, 1.82) is 0 Å². The maximum atomic E-state index is 4.95. The number of benzene rings is 2. The molecule has 0 bridgehead atoms. The van der Waals surface area contributed by atoms with Crippen molar-refractivity contribution in [2.45, 2.75) is 34.1 Å². The molecule has 0 aliphatic carbocycles. The molecule has 3 heteroatoms. The van der Waals surface area contributed by atoms with Crippen molar-refractivity contribution in [3.63, 3.8) is 0 Å². The maximum absolute atomic E-state index is 4.95. The zero-order valence-corrected chi connectivity index (χ0v) is 15.0. The van der Waals surface area contributed by atoms with E-state index in [1.165, 1.54) is 26.9 Å². The highest BCUT2D eigenvalue weighted by atomic mass is 32.1. The molecule has 0 aliphatic rings. The van der Waals surface area contributed by atoms with Gasteiger partial charge in [-0.2, -0.15) is 0 Å². The molecule has 0 atom stereocenters. The lowest BCUT2D eigenvalue weighted by Crippen LogP contribution is -1.67. The van der Waals surface area contributed by atoms with Gasteiger partial charge in [0.25, 0.3) is 0 Å². The predicted molar refractivity (Wildman–Crippen MR) is 101 cm³/mol. The maximum Gasteiger partial charge on any atom is 0.167 e. The highest BCUT2D eigenvalue weighted by Gasteiger charge is 1.95. The Morgan fingerprint density at radius 2 is 1.70 bits per heavy atom. The lowest BCUT2D eigenvalue weighted by Gasteiger charge is -1.87. The van der Waals surface area contributed by atoms with Crippen molar-refractivity contribution in [2.24, 2.45) is 0 Å². The number of fused-ring (bicyclic) bond motifs is 2. The minimum Gasteiger partial charge on any atom is -0.356 e. The second kappa shape index (κ2) is 8.49. The van der Waals surface area contributed by atoms with Gasteiger partial charge in [0.15, 0.2) is 5.58 Å². The molecule has 0 fully saturated rings. The smallest absolute Gasteiger partial charge is 0.167 e. The van der Waals surface area contributed by atoms with E-state index in [4.69, 9.17) is 4.52 Å². The molecule has 2 heterocycles. The van der Waals surface area contributed by atoms with E-state index in [-0.39, 0.29) is 0 Å².